The minimum Gasteiger partial charge on any atom is -0.398 e. The summed E-state index contributed by atoms with van der Waals surface area (Å²) in [5.74, 6) is 0.0127. The molecule has 21 heavy (non-hydrogen) atoms. The molecule has 110 valence electrons. The van der Waals surface area contributed by atoms with Crippen molar-refractivity contribution in [2.75, 3.05) is 23.7 Å². The number of carbonyl (C=O) groups is 1. The first-order valence-electron chi connectivity index (χ1n) is 6.95. The summed E-state index contributed by atoms with van der Waals surface area (Å²) in [6.07, 6.45) is 2.95. The molecule has 0 saturated carbocycles. The minimum atomic E-state index is -0.310. The van der Waals surface area contributed by atoms with Crippen LogP contribution in [0, 0.1) is 11.7 Å². The minimum absolute atomic E-state index is 0.0923. The number of hydrogen-bond donors (Lipinski definition) is 2. The average Bonchev–Trinajstić information content (AvgIpc) is 2.50. The fraction of sp³-hybridized carbons (Fsp3) is 0.333. The SMILES string of the molecule is NC(=O)C1CCN(c2nccc3c(F)ccc(N)c23)CC1. The lowest BCUT2D eigenvalue weighted by Gasteiger charge is -2.32. The van der Waals surface area contributed by atoms with Crippen molar-refractivity contribution in [3.05, 3.63) is 30.2 Å². The van der Waals surface area contributed by atoms with E-state index in [9.17, 15) is 9.18 Å². The van der Waals surface area contributed by atoms with Crippen LogP contribution in [0.15, 0.2) is 24.4 Å². The molecule has 0 atom stereocenters. The van der Waals surface area contributed by atoms with Crippen LogP contribution in [0.3, 0.4) is 0 Å². The molecule has 1 aliphatic rings. The molecule has 1 aliphatic heterocycles. The van der Waals surface area contributed by atoms with Crippen molar-refractivity contribution in [3.63, 3.8) is 0 Å². The third kappa shape index (κ3) is 2.37. The van der Waals surface area contributed by atoms with E-state index in [1.807, 2.05) is 4.90 Å². The van der Waals surface area contributed by atoms with Crippen LogP contribution in [-0.2, 0) is 4.79 Å². The molecular formula is C15H17FN4O. The van der Waals surface area contributed by atoms with Crippen LogP contribution in [-0.4, -0.2) is 24.0 Å². The maximum absolute atomic E-state index is 13.9. The molecule has 5 nitrogen and oxygen atoms in total. The average molecular weight is 288 g/mol. The highest BCUT2D eigenvalue weighted by atomic mass is 19.1. The molecule has 1 aromatic heterocycles. The molecule has 1 fully saturated rings. The lowest BCUT2D eigenvalue weighted by Crippen LogP contribution is -2.39. The molecule has 2 heterocycles. The molecule has 3 rings (SSSR count). The highest BCUT2D eigenvalue weighted by molar-refractivity contribution is 6.01. The predicted octanol–water partition coefficient (Wildman–Crippen LogP) is 1.66. The number of halogens is 1. The van der Waals surface area contributed by atoms with Crippen molar-refractivity contribution < 1.29 is 9.18 Å². The van der Waals surface area contributed by atoms with E-state index in [-0.39, 0.29) is 17.6 Å². The zero-order valence-electron chi connectivity index (χ0n) is 11.6. The number of carbonyl (C=O) groups excluding carboxylic acids is 1. The van der Waals surface area contributed by atoms with E-state index in [0.717, 1.165) is 0 Å². The fourth-order valence-corrected chi connectivity index (χ4v) is 2.89. The molecule has 1 saturated heterocycles. The van der Waals surface area contributed by atoms with Gasteiger partial charge >= 0.3 is 0 Å². The van der Waals surface area contributed by atoms with Gasteiger partial charge in [-0.05, 0) is 31.0 Å². The van der Waals surface area contributed by atoms with Gasteiger partial charge < -0.3 is 16.4 Å². The zero-order valence-corrected chi connectivity index (χ0v) is 11.6. The molecule has 6 heteroatoms. The third-order valence-corrected chi connectivity index (χ3v) is 4.08. The summed E-state index contributed by atoms with van der Waals surface area (Å²) in [4.78, 5) is 17.6. The number of nitrogens with two attached hydrogens (primary N) is 2. The number of amides is 1. The number of pyridine rings is 1. The van der Waals surface area contributed by atoms with Gasteiger partial charge in [-0.25, -0.2) is 9.37 Å². The summed E-state index contributed by atoms with van der Waals surface area (Å²) >= 11 is 0. The van der Waals surface area contributed by atoms with E-state index in [0.29, 0.717) is 48.2 Å². The molecule has 0 aliphatic carbocycles. The number of piperidine rings is 1. The Hall–Kier alpha value is -2.37. The highest BCUT2D eigenvalue weighted by Gasteiger charge is 2.25. The molecule has 1 amide bonds. The number of anilines is 2. The number of aromatic nitrogens is 1. The van der Waals surface area contributed by atoms with Crippen molar-refractivity contribution in [1.29, 1.82) is 0 Å². The second-order valence-electron chi connectivity index (χ2n) is 5.36. The Morgan fingerprint density at radius 2 is 2.00 bits per heavy atom. The Kier molecular flexibility index (Phi) is 3.37. The number of primary amides is 1. The van der Waals surface area contributed by atoms with Crippen molar-refractivity contribution >= 4 is 28.2 Å². The Labute approximate surface area is 121 Å². The van der Waals surface area contributed by atoms with Gasteiger partial charge in [-0.2, -0.15) is 0 Å². The van der Waals surface area contributed by atoms with E-state index in [1.54, 1.807) is 18.3 Å². The molecule has 4 N–H and O–H groups in total. The summed E-state index contributed by atoms with van der Waals surface area (Å²) in [6, 6.07) is 4.54. The van der Waals surface area contributed by atoms with Crippen molar-refractivity contribution in [2.45, 2.75) is 12.8 Å². The van der Waals surface area contributed by atoms with Crippen LogP contribution in [0.5, 0.6) is 0 Å². The lowest BCUT2D eigenvalue weighted by molar-refractivity contribution is -0.122. The van der Waals surface area contributed by atoms with E-state index in [1.165, 1.54) is 6.07 Å². The first kappa shape index (κ1) is 13.6. The van der Waals surface area contributed by atoms with Gasteiger partial charge in [0.25, 0.3) is 0 Å². The van der Waals surface area contributed by atoms with Crippen LogP contribution in [0.25, 0.3) is 10.8 Å². The smallest absolute Gasteiger partial charge is 0.220 e. The summed E-state index contributed by atoms with van der Waals surface area (Å²) in [5, 5.41) is 1.10. The van der Waals surface area contributed by atoms with Gasteiger partial charge in [-0.3, -0.25) is 4.79 Å². The number of nitrogen functional groups attached to an aromatic ring is 1. The quantitative estimate of drug-likeness (QED) is 0.823. The number of fused-ring (bicyclic) bond motifs is 1. The van der Waals surface area contributed by atoms with E-state index in [2.05, 4.69) is 4.98 Å². The number of hydrogen-bond acceptors (Lipinski definition) is 4. The van der Waals surface area contributed by atoms with Gasteiger partial charge in [0.2, 0.25) is 5.91 Å². The Bertz CT molecular complexity index is 695. The third-order valence-electron chi connectivity index (χ3n) is 4.08. The molecule has 0 unspecified atom stereocenters. The zero-order chi connectivity index (χ0) is 15.0. The topological polar surface area (TPSA) is 85.2 Å². The van der Waals surface area contributed by atoms with Crippen LogP contribution in [0.4, 0.5) is 15.9 Å². The number of benzene rings is 1. The summed E-state index contributed by atoms with van der Waals surface area (Å²) in [5.41, 5.74) is 11.8. The maximum atomic E-state index is 13.9. The Morgan fingerprint density at radius 3 is 2.67 bits per heavy atom. The largest absolute Gasteiger partial charge is 0.398 e. The summed E-state index contributed by atoms with van der Waals surface area (Å²) in [6.45, 7) is 1.32. The monoisotopic (exact) mass is 288 g/mol. The van der Waals surface area contributed by atoms with Crippen molar-refractivity contribution in [2.24, 2.45) is 11.7 Å². The van der Waals surface area contributed by atoms with Crippen LogP contribution in [0.2, 0.25) is 0 Å². The van der Waals surface area contributed by atoms with Gasteiger partial charge in [-0.15, -0.1) is 0 Å². The number of rotatable bonds is 2. The summed E-state index contributed by atoms with van der Waals surface area (Å²) in [7, 11) is 0. The molecule has 0 spiro atoms. The van der Waals surface area contributed by atoms with E-state index < -0.39 is 0 Å². The Morgan fingerprint density at radius 1 is 1.29 bits per heavy atom. The van der Waals surface area contributed by atoms with E-state index >= 15 is 0 Å². The second kappa shape index (κ2) is 5.20. The molecule has 0 radical (unpaired) electrons. The summed E-state index contributed by atoms with van der Waals surface area (Å²) < 4.78 is 13.9. The van der Waals surface area contributed by atoms with Crippen molar-refractivity contribution in [3.8, 4) is 0 Å². The first-order chi connectivity index (χ1) is 10.1. The second-order valence-corrected chi connectivity index (χ2v) is 5.36. The van der Waals surface area contributed by atoms with Crippen LogP contribution < -0.4 is 16.4 Å². The molecule has 1 aromatic carbocycles. The molecular weight excluding hydrogens is 271 g/mol. The van der Waals surface area contributed by atoms with Gasteiger partial charge in [0.05, 0.1) is 5.39 Å². The number of nitrogens with zero attached hydrogens (tertiary/aromatic N) is 2. The lowest BCUT2D eigenvalue weighted by atomic mass is 9.96. The molecule has 2 aromatic rings. The first-order valence-corrected chi connectivity index (χ1v) is 6.95. The van der Waals surface area contributed by atoms with Gasteiger partial charge in [-0.1, -0.05) is 0 Å². The van der Waals surface area contributed by atoms with Gasteiger partial charge in [0, 0.05) is 36.3 Å². The standard InChI is InChI=1S/C15H17FN4O/c16-11-1-2-12(17)13-10(11)3-6-19-15(13)20-7-4-9(5-8-20)14(18)21/h1-3,6,9H,4-5,7-8,17H2,(H2,18,21). The van der Waals surface area contributed by atoms with Gasteiger partial charge in [0.1, 0.15) is 11.6 Å². The Balaban J connectivity index is 1.99. The van der Waals surface area contributed by atoms with Crippen molar-refractivity contribution in [1.82, 2.24) is 4.98 Å². The fourth-order valence-electron chi connectivity index (χ4n) is 2.89. The highest BCUT2D eigenvalue weighted by Crippen LogP contribution is 2.33. The van der Waals surface area contributed by atoms with Crippen LogP contribution in [0.1, 0.15) is 12.8 Å². The van der Waals surface area contributed by atoms with E-state index in [4.69, 9.17) is 11.5 Å². The molecule has 0 bridgehead atoms. The predicted molar refractivity (Wildman–Crippen MR) is 80.2 cm³/mol. The maximum Gasteiger partial charge on any atom is 0.220 e. The van der Waals surface area contributed by atoms with Crippen LogP contribution >= 0.6 is 0 Å². The normalized spacial score (nSPS) is 16.3. The van der Waals surface area contributed by atoms with Gasteiger partial charge in [0.15, 0.2) is 0 Å².